The first-order valence-electron chi connectivity index (χ1n) is 8.91. The predicted molar refractivity (Wildman–Crippen MR) is 88.9 cm³/mol. The lowest BCUT2D eigenvalue weighted by Crippen LogP contribution is -2.14. The Hall–Kier alpha value is -1.25. The second kappa shape index (κ2) is 9.14. The number of hydrogen-bond acceptors (Lipinski definition) is 0. The van der Waals surface area contributed by atoms with E-state index in [1.807, 2.05) is 0 Å². The van der Waals surface area contributed by atoms with Gasteiger partial charge in [-0.25, -0.2) is 13.2 Å². The number of halogens is 3. The molecule has 3 heteroatoms. The molecule has 128 valence electrons. The van der Waals surface area contributed by atoms with Crippen molar-refractivity contribution in [1.82, 2.24) is 0 Å². The molecular formula is C20H27F3. The van der Waals surface area contributed by atoms with Gasteiger partial charge in [0.05, 0.1) is 0 Å². The summed E-state index contributed by atoms with van der Waals surface area (Å²) in [5.41, 5.74) is 0.613. The van der Waals surface area contributed by atoms with Crippen molar-refractivity contribution in [2.24, 2.45) is 5.92 Å². The van der Waals surface area contributed by atoms with Crippen molar-refractivity contribution in [2.75, 3.05) is 0 Å². The molecule has 0 heterocycles. The molecule has 2 rings (SSSR count). The zero-order chi connectivity index (χ0) is 16.7. The third-order valence-corrected chi connectivity index (χ3v) is 4.93. The SMILES string of the molecule is CCC/C=C/CCC[C@H]1CC[C@H](c2cc(F)c(F)c(F)c2)CC1. The van der Waals surface area contributed by atoms with Crippen LogP contribution in [0.2, 0.25) is 0 Å². The van der Waals surface area contributed by atoms with Gasteiger partial charge in [0.15, 0.2) is 17.5 Å². The minimum atomic E-state index is -1.36. The van der Waals surface area contributed by atoms with Gasteiger partial charge in [-0.3, -0.25) is 0 Å². The molecule has 1 aliphatic rings. The fourth-order valence-corrected chi connectivity index (χ4v) is 3.52. The molecule has 0 aliphatic heterocycles. The van der Waals surface area contributed by atoms with Crippen LogP contribution in [0.25, 0.3) is 0 Å². The highest BCUT2D eigenvalue weighted by molar-refractivity contribution is 5.23. The molecule has 0 nitrogen and oxygen atoms in total. The summed E-state index contributed by atoms with van der Waals surface area (Å²) in [5, 5.41) is 0. The Balaban J connectivity index is 1.76. The van der Waals surface area contributed by atoms with Crippen LogP contribution in [0.3, 0.4) is 0 Å². The Morgan fingerprint density at radius 2 is 1.57 bits per heavy atom. The highest BCUT2D eigenvalue weighted by atomic mass is 19.2. The van der Waals surface area contributed by atoms with Crippen LogP contribution in [0.1, 0.15) is 76.2 Å². The van der Waals surface area contributed by atoms with E-state index < -0.39 is 17.5 Å². The molecule has 0 atom stereocenters. The molecule has 0 amide bonds. The van der Waals surface area contributed by atoms with E-state index in [2.05, 4.69) is 19.1 Å². The maximum atomic E-state index is 13.3. The van der Waals surface area contributed by atoms with E-state index in [-0.39, 0.29) is 5.92 Å². The van der Waals surface area contributed by atoms with Gasteiger partial charge in [-0.1, -0.05) is 31.9 Å². The third kappa shape index (κ3) is 5.40. The normalized spacial score (nSPS) is 21.9. The summed E-state index contributed by atoms with van der Waals surface area (Å²) in [7, 11) is 0. The van der Waals surface area contributed by atoms with Crippen LogP contribution in [0.4, 0.5) is 13.2 Å². The van der Waals surface area contributed by atoms with Crippen LogP contribution in [-0.4, -0.2) is 0 Å². The first-order valence-corrected chi connectivity index (χ1v) is 8.91. The van der Waals surface area contributed by atoms with Gasteiger partial charge in [0.2, 0.25) is 0 Å². The van der Waals surface area contributed by atoms with E-state index >= 15 is 0 Å². The first-order chi connectivity index (χ1) is 11.1. The fraction of sp³-hybridized carbons (Fsp3) is 0.600. The van der Waals surface area contributed by atoms with Crippen LogP contribution in [-0.2, 0) is 0 Å². The Bertz CT molecular complexity index is 491. The fourth-order valence-electron chi connectivity index (χ4n) is 3.52. The lowest BCUT2D eigenvalue weighted by atomic mass is 9.77. The van der Waals surface area contributed by atoms with Crippen molar-refractivity contribution in [2.45, 2.75) is 70.6 Å². The van der Waals surface area contributed by atoms with Crippen molar-refractivity contribution in [3.05, 3.63) is 47.3 Å². The summed E-state index contributed by atoms with van der Waals surface area (Å²) in [4.78, 5) is 0. The average molecular weight is 324 g/mol. The monoisotopic (exact) mass is 324 g/mol. The number of unbranched alkanes of at least 4 members (excludes halogenated alkanes) is 2. The van der Waals surface area contributed by atoms with Crippen LogP contribution in [0.15, 0.2) is 24.3 Å². The van der Waals surface area contributed by atoms with E-state index in [0.717, 1.165) is 44.4 Å². The van der Waals surface area contributed by atoms with Crippen LogP contribution in [0.5, 0.6) is 0 Å². The van der Waals surface area contributed by atoms with Gasteiger partial charge < -0.3 is 0 Å². The zero-order valence-electron chi connectivity index (χ0n) is 14.0. The molecule has 1 saturated carbocycles. The molecule has 23 heavy (non-hydrogen) atoms. The molecule has 1 fully saturated rings. The van der Waals surface area contributed by atoms with Gasteiger partial charge >= 0.3 is 0 Å². The van der Waals surface area contributed by atoms with E-state index in [1.54, 1.807) is 0 Å². The summed E-state index contributed by atoms with van der Waals surface area (Å²) in [6.45, 7) is 2.18. The highest BCUT2D eigenvalue weighted by Gasteiger charge is 2.24. The van der Waals surface area contributed by atoms with Crippen LogP contribution < -0.4 is 0 Å². The Morgan fingerprint density at radius 3 is 2.17 bits per heavy atom. The molecule has 1 aromatic carbocycles. The second-order valence-corrected chi connectivity index (χ2v) is 6.71. The predicted octanol–water partition coefficient (Wildman–Crippen LogP) is 6.90. The lowest BCUT2D eigenvalue weighted by Gasteiger charge is -2.29. The smallest absolute Gasteiger partial charge is 0.194 e. The Labute approximate surface area is 137 Å². The highest BCUT2D eigenvalue weighted by Crippen LogP contribution is 2.38. The first kappa shape index (κ1) is 18.1. The summed E-state index contributed by atoms with van der Waals surface area (Å²) >= 11 is 0. The largest absolute Gasteiger partial charge is 0.204 e. The lowest BCUT2D eigenvalue weighted by molar-refractivity contribution is 0.304. The Morgan fingerprint density at radius 1 is 0.957 bits per heavy atom. The van der Waals surface area contributed by atoms with Crippen molar-refractivity contribution in [1.29, 1.82) is 0 Å². The quantitative estimate of drug-likeness (QED) is 0.290. The maximum Gasteiger partial charge on any atom is 0.194 e. The van der Waals surface area contributed by atoms with E-state index in [4.69, 9.17) is 0 Å². The summed E-state index contributed by atoms with van der Waals surface area (Å²) in [5.74, 6) is -2.61. The van der Waals surface area contributed by atoms with Crippen molar-refractivity contribution >= 4 is 0 Å². The minimum absolute atomic E-state index is 0.167. The second-order valence-electron chi connectivity index (χ2n) is 6.71. The summed E-state index contributed by atoms with van der Waals surface area (Å²) in [6, 6.07) is 2.34. The molecule has 0 bridgehead atoms. The van der Waals surface area contributed by atoms with Crippen molar-refractivity contribution < 1.29 is 13.2 Å². The third-order valence-electron chi connectivity index (χ3n) is 4.93. The van der Waals surface area contributed by atoms with Crippen molar-refractivity contribution in [3.8, 4) is 0 Å². The van der Waals surface area contributed by atoms with E-state index in [1.165, 1.54) is 31.4 Å². The number of allylic oxidation sites excluding steroid dienone is 2. The molecule has 1 aromatic rings. The number of rotatable bonds is 7. The minimum Gasteiger partial charge on any atom is -0.204 e. The van der Waals surface area contributed by atoms with Gasteiger partial charge in [-0.2, -0.15) is 0 Å². The summed E-state index contributed by atoms with van der Waals surface area (Å²) in [6.07, 6.45) is 14.6. The van der Waals surface area contributed by atoms with E-state index in [9.17, 15) is 13.2 Å². The van der Waals surface area contributed by atoms with Gasteiger partial charge in [0, 0.05) is 0 Å². The number of hydrogen-bond donors (Lipinski definition) is 0. The zero-order valence-corrected chi connectivity index (χ0v) is 14.0. The molecule has 0 unspecified atom stereocenters. The van der Waals surface area contributed by atoms with E-state index in [0.29, 0.717) is 5.56 Å². The molecule has 0 aromatic heterocycles. The standard InChI is InChI=1S/C20H27F3/c1-2-3-4-5-6-7-8-15-9-11-16(12-10-15)17-13-18(21)20(23)19(22)14-17/h4-5,13-16H,2-3,6-12H2,1H3/b5-4+/t15-,16-. The van der Waals surface area contributed by atoms with Gasteiger partial charge in [0.25, 0.3) is 0 Å². The van der Waals surface area contributed by atoms with Gasteiger partial charge in [-0.15, -0.1) is 0 Å². The van der Waals surface area contributed by atoms with Crippen molar-refractivity contribution in [3.63, 3.8) is 0 Å². The van der Waals surface area contributed by atoms with Crippen LogP contribution in [0, 0.1) is 23.4 Å². The molecule has 0 spiro atoms. The molecule has 0 saturated heterocycles. The summed E-state index contributed by atoms with van der Waals surface area (Å²) < 4.78 is 39.7. The van der Waals surface area contributed by atoms with Crippen LogP contribution >= 0.6 is 0 Å². The molecule has 0 N–H and O–H groups in total. The van der Waals surface area contributed by atoms with Gasteiger partial charge in [0.1, 0.15) is 0 Å². The van der Waals surface area contributed by atoms with Gasteiger partial charge in [-0.05, 0) is 74.5 Å². The topological polar surface area (TPSA) is 0 Å². The average Bonchev–Trinajstić information content (AvgIpc) is 2.56. The molecular weight excluding hydrogens is 297 g/mol. The number of benzene rings is 1. The molecule has 0 radical (unpaired) electrons. The Kier molecular flexibility index (Phi) is 7.19. The molecule has 1 aliphatic carbocycles. The maximum absolute atomic E-state index is 13.3.